The van der Waals surface area contributed by atoms with Gasteiger partial charge in [0.15, 0.2) is 0 Å². The fourth-order valence-electron chi connectivity index (χ4n) is 6.20. The predicted octanol–water partition coefficient (Wildman–Crippen LogP) is 1.29. The van der Waals surface area contributed by atoms with E-state index in [1.165, 1.54) is 0 Å². The minimum atomic E-state index is -0.459. The Morgan fingerprint density at radius 1 is 0.907 bits per heavy atom. The second kappa shape index (κ2) is 28.1. The Labute approximate surface area is 351 Å². The van der Waals surface area contributed by atoms with E-state index in [-0.39, 0.29) is 68.5 Å². The maximum Gasteiger partial charge on any atom is 0.264 e. The van der Waals surface area contributed by atoms with Crippen LogP contribution in [-0.2, 0) is 42.8 Å². The van der Waals surface area contributed by atoms with Gasteiger partial charge in [-0.3, -0.25) is 14.5 Å². The molecule has 0 aromatic heterocycles. The van der Waals surface area contributed by atoms with E-state index in [2.05, 4.69) is 21.6 Å². The third-order valence-corrected chi connectivity index (χ3v) is 8.79. The second-order valence-corrected chi connectivity index (χ2v) is 13.5. The molecule has 2 unspecified atom stereocenters. The molecule has 1 aromatic rings. The van der Waals surface area contributed by atoms with Crippen LogP contribution in [-0.4, -0.2) is 160 Å². The van der Waals surface area contributed by atoms with Crippen molar-refractivity contribution in [3.05, 3.63) is 41.5 Å². The number of hydrogen-bond acceptors (Lipinski definition) is 12. The number of hydrogen-bond donors (Lipinski definition) is 2. The molecule has 15 nitrogen and oxygen atoms in total. The molecule has 0 aliphatic carbocycles. The van der Waals surface area contributed by atoms with Gasteiger partial charge in [0.2, 0.25) is 5.91 Å². The van der Waals surface area contributed by atoms with Gasteiger partial charge in [-0.05, 0) is 29.5 Å². The van der Waals surface area contributed by atoms with Gasteiger partial charge in [0, 0.05) is 90.3 Å². The molecule has 3 rings (SSSR count). The zero-order valence-electron chi connectivity index (χ0n) is 31.9. The van der Waals surface area contributed by atoms with Gasteiger partial charge in [-0.25, -0.2) is 0 Å². The summed E-state index contributed by atoms with van der Waals surface area (Å²) in [5, 5.41) is 15.5. The largest absolute Gasteiger partial charge is 0.528 e. The summed E-state index contributed by atoms with van der Waals surface area (Å²) in [5.74, 6) is -0.344. The van der Waals surface area contributed by atoms with Crippen molar-refractivity contribution < 1.29 is 86.2 Å². The number of likely N-dealkylation sites (tertiary alicyclic amines) is 1. The average Bonchev–Trinajstić information content (AvgIpc) is 3.17. The topological polar surface area (TPSA) is 170 Å². The van der Waals surface area contributed by atoms with E-state index in [0.29, 0.717) is 112 Å². The van der Waals surface area contributed by atoms with E-state index < -0.39 is 11.3 Å². The summed E-state index contributed by atoms with van der Waals surface area (Å²) in [6.45, 7) is 13.2. The molecule has 16 heteroatoms. The van der Waals surface area contributed by atoms with Crippen LogP contribution >= 0.6 is 0 Å². The fourth-order valence-corrected chi connectivity index (χ4v) is 6.20. The van der Waals surface area contributed by atoms with Crippen molar-refractivity contribution in [3.63, 3.8) is 0 Å². The van der Waals surface area contributed by atoms with Crippen LogP contribution in [0.4, 0.5) is 0 Å². The molecule has 54 heavy (non-hydrogen) atoms. The van der Waals surface area contributed by atoms with E-state index in [4.69, 9.17) is 33.2 Å². The van der Waals surface area contributed by atoms with Gasteiger partial charge in [0.05, 0.1) is 92.3 Å². The molecule has 2 saturated heterocycles. The second-order valence-electron chi connectivity index (χ2n) is 13.5. The first-order valence-electron chi connectivity index (χ1n) is 18.4. The van der Waals surface area contributed by atoms with E-state index >= 15 is 0 Å². The predicted molar refractivity (Wildman–Crippen MR) is 196 cm³/mol. The molecule has 3 amide bonds. The van der Waals surface area contributed by atoms with Gasteiger partial charge in [-0.15, -0.1) is 0 Å². The van der Waals surface area contributed by atoms with Crippen LogP contribution in [0.2, 0.25) is 0 Å². The fraction of sp³-hybridized carbons (Fsp3) is 0.684. The van der Waals surface area contributed by atoms with Crippen molar-refractivity contribution in [1.29, 1.82) is 5.26 Å². The van der Waals surface area contributed by atoms with Gasteiger partial charge < -0.3 is 53.5 Å². The third-order valence-electron chi connectivity index (χ3n) is 8.79. The molecule has 305 valence electrons. The summed E-state index contributed by atoms with van der Waals surface area (Å²) in [7, 11) is 1.61. The van der Waals surface area contributed by atoms with Gasteiger partial charge in [0.25, 0.3) is 5.91 Å². The molecule has 2 N–H and O–H groups in total. The Bertz CT molecular complexity index is 1290. The van der Waals surface area contributed by atoms with Crippen LogP contribution in [0.5, 0.6) is 5.75 Å². The Hall–Kier alpha value is -2.33. The van der Waals surface area contributed by atoms with Crippen LogP contribution in [0, 0.1) is 61.3 Å². The maximum absolute atomic E-state index is 13.9. The number of carbonyl (C=O) groups is 2. The third kappa shape index (κ3) is 19.0. The van der Waals surface area contributed by atoms with Gasteiger partial charge in [-0.2, -0.15) is 11.7 Å². The minimum absolute atomic E-state index is 0. The van der Waals surface area contributed by atoms with Crippen LogP contribution in [0.15, 0.2) is 35.9 Å². The molecular formula is C38H58N5O10Tb-. The van der Waals surface area contributed by atoms with E-state index in [9.17, 15) is 19.6 Å². The molecule has 2 aliphatic heterocycles. The van der Waals surface area contributed by atoms with Crippen molar-refractivity contribution in [1.82, 2.24) is 20.4 Å². The first kappa shape index (κ1) is 47.8. The summed E-state index contributed by atoms with van der Waals surface area (Å²) in [4.78, 5) is 41.3. The molecule has 1 radical (unpaired) electrons. The first-order valence-corrected chi connectivity index (χ1v) is 18.4. The molecule has 0 bridgehead atoms. The van der Waals surface area contributed by atoms with Crippen LogP contribution in [0.1, 0.15) is 31.7 Å². The Kier molecular flexibility index (Phi) is 24.9. The Balaban J connectivity index is 0.0000101. The Morgan fingerprint density at radius 2 is 1.46 bits per heavy atom. The number of methoxy groups -OCH3 is 1. The standard InChI is InChI=1S/C38H58N5O10.Tb/c1-38(2,29-42-10-14-50-15-11-42)25-34(26-39)37(46)43-27-32(31-4-6-35(47-3)7-5-31)24-33(28-43)36(45)41-9-13-49-17-19-52-21-23-53-22-20-51-18-16-48-12-8-40-30-44;/h4-7,25,32-33H,8-24,27-29H2,1-3H3,(H,40,44)(H,41,45);/q-1;/b34-25+;. The molecule has 2 fully saturated rings. The summed E-state index contributed by atoms with van der Waals surface area (Å²) < 4.78 is 38.1. The number of rotatable bonds is 26. The number of carbonyl (C=O) groups excluding carboxylic acids is 3. The Morgan fingerprint density at radius 3 is 2.00 bits per heavy atom. The summed E-state index contributed by atoms with van der Waals surface area (Å²) in [6, 6.07) is 9.84. The summed E-state index contributed by atoms with van der Waals surface area (Å²) >= 11 is 0. The van der Waals surface area contributed by atoms with Crippen LogP contribution in [0.3, 0.4) is 0 Å². The van der Waals surface area contributed by atoms with E-state index in [1.54, 1.807) is 24.5 Å². The molecule has 0 saturated carbocycles. The van der Waals surface area contributed by atoms with E-state index in [1.807, 2.05) is 38.1 Å². The molecule has 2 aliphatic rings. The SMILES string of the molecule is COc1ccc(C2CC(C(=O)NCCOCCOCCOCCOCCOCCN[C-]=O)CN(C(=O)/C(C#N)=C/C(C)(C)CN3CCOCC3)C2)cc1.[Tb]. The first-order chi connectivity index (χ1) is 25.8. The van der Waals surface area contributed by atoms with Gasteiger partial charge in [-0.1, -0.05) is 32.1 Å². The van der Waals surface area contributed by atoms with Crippen molar-refractivity contribution >= 4 is 18.2 Å². The maximum atomic E-state index is 13.9. The van der Waals surface area contributed by atoms with Crippen molar-refractivity contribution in [2.24, 2.45) is 11.3 Å². The van der Waals surface area contributed by atoms with Crippen molar-refractivity contribution in [2.45, 2.75) is 26.2 Å². The number of piperidine rings is 1. The van der Waals surface area contributed by atoms with Gasteiger partial charge in [0.1, 0.15) is 17.4 Å². The number of amides is 3. The zero-order chi connectivity index (χ0) is 38.2. The van der Waals surface area contributed by atoms with E-state index in [0.717, 1.165) is 24.4 Å². The normalized spacial score (nSPS) is 18.0. The molecule has 2 atom stereocenters. The molecule has 0 spiro atoms. The van der Waals surface area contributed by atoms with Crippen molar-refractivity contribution in [3.8, 4) is 11.8 Å². The monoisotopic (exact) mass is 903 g/mol. The number of nitrogens with one attached hydrogen (secondary N) is 2. The summed E-state index contributed by atoms with van der Waals surface area (Å²) in [5.41, 5.74) is 0.676. The molecule has 2 heterocycles. The number of nitrogens with zero attached hydrogens (tertiary/aromatic N) is 3. The number of ether oxygens (including phenoxy) is 7. The summed E-state index contributed by atoms with van der Waals surface area (Å²) in [6.07, 6.45) is 3.92. The van der Waals surface area contributed by atoms with Crippen LogP contribution < -0.4 is 15.4 Å². The average molecular weight is 904 g/mol. The quantitative estimate of drug-likeness (QED) is 0.0450. The minimum Gasteiger partial charge on any atom is -0.528 e. The van der Waals surface area contributed by atoms with Gasteiger partial charge >= 0.3 is 0 Å². The zero-order valence-corrected chi connectivity index (χ0v) is 34.1. The smallest absolute Gasteiger partial charge is 0.264 e. The molecule has 1 aromatic carbocycles. The number of benzene rings is 1. The van der Waals surface area contributed by atoms with Crippen LogP contribution in [0.25, 0.3) is 0 Å². The molecular weight excluding hydrogens is 845 g/mol. The van der Waals surface area contributed by atoms with Crippen molar-refractivity contribution in [2.75, 3.05) is 132 Å². The number of nitriles is 1. The number of morpholine rings is 1.